The molecule has 2 aliphatic rings. The van der Waals surface area contributed by atoms with Crippen LogP contribution in [0.5, 0.6) is 5.75 Å². The lowest BCUT2D eigenvalue weighted by Gasteiger charge is -2.41. The third-order valence-electron chi connectivity index (χ3n) is 7.20. The van der Waals surface area contributed by atoms with E-state index >= 15 is 0 Å². The zero-order chi connectivity index (χ0) is 27.8. The Balaban J connectivity index is 1.39. The summed E-state index contributed by atoms with van der Waals surface area (Å²) in [6, 6.07) is 11.2. The van der Waals surface area contributed by atoms with Crippen molar-refractivity contribution in [3.8, 4) is 11.4 Å². The molecule has 0 aliphatic carbocycles. The molecule has 2 atom stereocenters. The molecule has 0 bridgehead atoms. The van der Waals surface area contributed by atoms with Gasteiger partial charge in [0.05, 0.1) is 12.0 Å². The molecule has 0 radical (unpaired) electrons. The summed E-state index contributed by atoms with van der Waals surface area (Å²) in [7, 11) is 0. The van der Waals surface area contributed by atoms with Gasteiger partial charge in [0.1, 0.15) is 11.6 Å². The summed E-state index contributed by atoms with van der Waals surface area (Å²) in [5.41, 5.74) is 1.94. The minimum absolute atomic E-state index is 0.0602. The number of ether oxygens (including phenoxy) is 1. The maximum atomic E-state index is 13.7. The molecule has 208 valence electrons. The van der Waals surface area contributed by atoms with Gasteiger partial charge in [-0.05, 0) is 42.3 Å². The lowest BCUT2D eigenvalue weighted by molar-refractivity contribution is -0.274. The fraction of sp³-hybridized carbons (Fsp3) is 0.407. The number of rotatable bonds is 4. The maximum Gasteiger partial charge on any atom is 0.573 e. The molecule has 6 nitrogen and oxygen atoms in total. The highest BCUT2D eigenvalue weighted by atomic mass is 19.4. The summed E-state index contributed by atoms with van der Waals surface area (Å²) in [4.78, 5) is 20.9. The van der Waals surface area contributed by atoms with Crippen LogP contribution in [0.4, 0.5) is 31.1 Å². The van der Waals surface area contributed by atoms with Gasteiger partial charge in [-0.3, -0.25) is 0 Å². The van der Waals surface area contributed by atoms with Crippen LogP contribution in [-0.2, 0) is 0 Å². The van der Waals surface area contributed by atoms with Crippen molar-refractivity contribution in [1.82, 2.24) is 19.4 Å². The number of amides is 2. The summed E-state index contributed by atoms with van der Waals surface area (Å²) in [5, 5.41) is 0. The Hall–Kier alpha value is -3.70. The first-order chi connectivity index (χ1) is 18.5. The van der Waals surface area contributed by atoms with E-state index in [4.69, 9.17) is 0 Å². The number of hydrogen-bond acceptors (Lipinski definition) is 3. The third kappa shape index (κ3) is 6.48. The molecule has 2 saturated heterocycles. The van der Waals surface area contributed by atoms with Crippen molar-refractivity contribution in [2.45, 2.75) is 43.4 Å². The summed E-state index contributed by atoms with van der Waals surface area (Å²) in [5.74, 6) is -4.05. The van der Waals surface area contributed by atoms with Crippen LogP contribution < -0.4 is 4.74 Å². The highest BCUT2D eigenvalue weighted by molar-refractivity contribution is 5.75. The van der Waals surface area contributed by atoms with Crippen molar-refractivity contribution in [2.75, 3.05) is 26.2 Å². The summed E-state index contributed by atoms with van der Waals surface area (Å²) in [6.45, 7) is 0.439. The van der Waals surface area contributed by atoms with Gasteiger partial charge in [0, 0.05) is 62.7 Å². The predicted octanol–water partition coefficient (Wildman–Crippen LogP) is 6.33. The molecule has 12 heteroatoms. The molecule has 3 aromatic rings. The average Bonchev–Trinajstić information content (AvgIpc) is 3.38. The molecule has 5 rings (SSSR count). The van der Waals surface area contributed by atoms with Crippen molar-refractivity contribution >= 4 is 6.03 Å². The molecule has 2 fully saturated rings. The zero-order valence-electron chi connectivity index (χ0n) is 20.8. The molecular formula is C27H26F6N4O2. The second-order valence-corrected chi connectivity index (χ2v) is 9.96. The van der Waals surface area contributed by atoms with Crippen LogP contribution in [0.15, 0.2) is 61.1 Å². The first-order valence-electron chi connectivity index (χ1n) is 12.5. The second kappa shape index (κ2) is 10.5. The summed E-state index contributed by atoms with van der Waals surface area (Å²) >= 11 is 0. The van der Waals surface area contributed by atoms with E-state index < -0.39 is 30.9 Å². The average molecular weight is 553 g/mol. The Morgan fingerprint density at radius 1 is 0.974 bits per heavy atom. The number of aromatic nitrogens is 2. The van der Waals surface area contributed by atoms with Gasteiger partial charge in [-0.1, -0.05) is 18.2 Å². The molecule has 2 unspecified atom stereocenters. The number of imidazole rings is 1. The third-order valence-corrected chi connectivity index (χ3v) is 7.20. The van der Waals surface area contributed by atoms with Crippen molar-refractivity contribution in [1.29, 1.82) is 0 Å². The molecule has 1 aromatic heterocycles. The number of piperidine rings is 2. The summed E-state index contributed by atoms with van der Waals surface area (Å²) < 4.78 is 84.6. The monoisotopic (exact) mass is 552 g/mol. The van der Waals surface area contributed by atoms with E-state index in [1.54, 1.807) is 34.1 Å². The van der Waals surface area contributed by atoms with Crippen LogP contribution in [0.2, 0.25) is 0 Å². The lowest BCUT2D eigenvalue weighted by atomic mass is 9.83. The largest absolute Gasteiger partial charge is 0.573 e. The highest BCUT2D eigenvalue weighted by Crippen LogP contribution is 2.37. The quantitative estimate of drug-likeness (QED) is 0.356. The Morgan fingerprint density at radius 3 is 2.33 bits per heavy atom. The number of carbonyl (C=O) groups is 1. The normalized spacial score (nSPS) is 21.6. The SMILES string of the molecule is O=C(N1CCC(F)(F)CC1)N1CC(c2ccc(OC(F)(F)F)cc2)CC(c2cn(-c3cccc(F)c3)cn2)C1. The van der Waals surface area contributed by atoms with Gasteiger partial charge in [-0.25, -0.2) is 22.9 Å². The van der Waals surface area contributed by atoms with Crippen LogP contribution in [0.1, 0.15) is 42.4 Å². The minimum Gasteiger partial charge on any atom is -0.406 e. The van der Waals surface area contributed by atoms with E-state index in [-0.39, 0.29) is 49.8 Å². The summed E-state index contributed by atoms with van der Waals surface area (Å²) in [6.07, 6.45) is -1.77. The van der Waals surface area contributed by atoms with E-state index in [1.807, 2.05) is 0 Å². The van der Waals surface area contributed by atoms with Gasteiger partial charge < -0.3 is 19.1 Å². The highest BCUT2D eigenvalue weighted by Gasteiger charge is 2.39. The molecule has 2 aromatic carbocycles. The van der Waals surface area contributed by atoms with Gasteiger partial charge in [-0.2, -0.15) is 0 Å². The van der Waals surface area contributed by atoms with E-state index in [1.165, 1.54) is 41.3 Å². The Labute approximate surface area is 220 Å². The number of carbonyl (C=O) groups excluding carboxylic acids is 1. The lowest BCUT2D eigenvalue weighted by Crippen LogP contribution is -2.52. The van der Waals surface area contributed by atoms with E-state index in [0.717, 1.165) is 0 Å². The second-order valence-electron chi connectivity index (χ2n) is 9.96. The van der Waals surface area contributed by atoms with Crippen LogP contribution >= 0.6 is 0 Å². The van der Waals surface area contributed by atoms with Gasteiger partial charge >= 0.3 is 12.4 Å². The van der Waals surface area contributed by atoms with Crippen molar-refractivity contribution in [3.05, 3.63) is 78.1 Å². The van der Waals surface area contributed by atoms with Gasteiger partial charge in [0.2, 0.25) is 0 Å². The smallest absolute Gasteiger partial charge is 0.406 e. The fourth-order valence-corrected chi connectivity index (χ4v) is 5.20. The van der Waals surface area contributed by atoms with Crippen LogP contribution in [0, 0.1) is 5.82 Å². The number of halogens is 6. The molecule has 3 heterocycles. The Morgan fingerprint density at radius 2 is 1.67 bits per heavy atom. The van der Waals surface area contributed by atoms with Crippen molar-refractivity contribution in [3.63, 3.8) is 0 Å². The molecule has 2 amide bonds. The van der Waals surface area contributed by atoms with Gasteiger partial charge in [0.15, 0.2) is 0 Å². The first-order valence-corrected chi connectivity index (χ1v) is 12.5. The fourth-order valence-electron chi connectivity index (χ4n) is 5.20. The van der Waals surface area contributed by atoms with E-state index in [2.05, 4.69) is 9.72 Å². The van der Waals surface area contributed by atoms with Gasteiger partial charge in [-0.15, -0.1) is 13.2 Å². The van der Waals surface area contributed by atoms with E-state index in [9.17, 15) is 31.1 Å². The molecule has 2 aliphatic heterocycles. The number of alkyl halides is 5. The standard InChI is InChI=1S/C27H26F6N4O2/c28-21-2-1-3-22(13-21)37-16-24(34-17-37)20-12-19(18-4-6-23(7-5-18)39-27(31,32)33)14-36(15-20)25(38)35-10-8-26(29,30)9-11-35/h1-7,13,16-17,19-20H,8-12,14-15H2. The van der Waals surface area contributed by atoms with Crippen LogP contribution in [-0.4, -0.2) is 63.8 Å². The first kappa shape index (κ1) is 26.9. The Kier molecular flexibility index (Phi) is 7.21. The molecule has 39 heavy (non-hydrogen) atoms. The molecule has 0 spiro atoms. The van der Waals surface area contributed by atoms with Crippen LogP contribution in [0.3, 0.4) is 0 Å². The number of benzene rings is 2. The van der Waals surface area contributed by atoms with Crippen molar-refractivity contribution < 1.29 is 35.9 Å². The number of hydrogen-bond donors (Lipinski definition) is 0. The minimum atomic E-state index is -4.81. The van der Waals surface area contributed by atoms with E-state index in [0.29, 0.717) is 23.4 Å². The maximum absolute atomic E-state index is 13.7. The van der Waals surface area contributed by atoms with Gasteiger partial charge in [0.25, 0.3) is 5.92 Å². The topological polar surface area (TPSA) is 50.6 Å². The Bertz CT molecular complexity index is 1300. The van der Waals surface area contributed by atoms with Crippen LogP contribution in [0.25, 0.3) is 5.69 Å². The zero-order valence-corrected chi connectivity index (χ0v) is 20.8. The number of urea groups is 1. The number of likely N-dealkylation sites (tertiary alicyclic amines) is 2. The molecular weight excluding hydrogens is 526 g/mol. The predicted molar refractivity (Wildman–Crippen MR) is 129 cm³/mol. The van der Waals surface area contributed by atoms with Crippen molar-refractivity contribution in [2.24, 2.45) is 0 Å². The molecule has 0 N–H and O–H groups in total. The molecule has 0 saturated carbocycles. The number of nitrogens with zero attached hydrogens (tertiary/aromatic N) is 4.